The van der Waals surface area contributed by atoms with Crippen LogP contribution >= 0.6 is 23.2 Å². The van der Waals surface area contributed by atoms with Crippen LogP contribution in [0.25, 0.3) is 0 Å². The molecular weight excluding hydrogens is 551 g/mol. The quantitative estimate of drug-likeness (QED) is 0.204. The zero-order valence-electron chi connectivity index (χ0n) is 23.7. The summed E-state index contributed by atoms with van der Waals surface area (Å²) in [7, 11) is 0. The van der Waals surface area contributed by atoms with E-state index in [4.69, 9.17) is 23.2 Å². The summed E-state index contributed by atoms with van der Waals surface area (Å²) in [5, 5.41) is 4.01. The molecule has 0 aliphatic rings. The summed E-state index contributed by atoms with van der Waals surface area (Å²) in [5.41, 5.74) is 3.14. The Bertz CT molecular complexity index is 1380. The molecule has 0 spiro atoms. The average Bonchev–Trinajstić information content (AvgIpc) is 2.95. The van der Waals surface area contributed by atoms with E-state index in [0.717, 1.165) is 16.7 Å². The van der Waals surface area contributed by atoms with Gasteiger partial charge in [-0.1, -0.05) is 120 Å². The molecule has 0 bridgehead atoms. The third kappa shape index (κ3) is 8.45. The van der Waals surface area contributed by atoms with Gasteiger partial charge in [0.05, 0.1) is 0 Å². The monoisotopic (exact) mass is 586 g/mol. The SMILES string of the molecule is CC(C)(C)NC(=O)C(Cc1ccccc1)N(Cc1c(Cl)cccc1Cl)C(=O)CC(c1ccccc1)c1ccccc1. The number of nitrogens with one attached hydrogen (secondary N) is 1. The van der Waals surface area contributed by atoms with Crippen LogP contribution in [0.3, 0.4) is 0 Å². The second kappa shape index (κ2) is 13.8. The lowest BCUT2D eigenvalue weighted by Gasteiger charge is -2.35. The first-order chi connectivity index (χ1) is 19.6. The van der Waals surface area contributed by atoms with Gasteiger partial charge in [-0.05, 0) is 49.6 Å². The van der Waals surface area contributed by atoms with Crippen molar-refractivity contribution in [1.29, 1.82) is 0 Å². The van der Waals surface area contributed by atoms with E-state index in [1.807, 2.05) is 112 Å². The van der Waals surface area contributed by atoms with Gasteiger partial charge in [0.1, 0.15) is 6.04 Å². The highest BCUT2D eigenvalue weighted by molar-refractivity contribution is 6.36. The number of nitrogens with zero attached hydrogens (tertiary/aromatic N) is 1. The minimum Gasteiger partial charge on any atom is -0.350 e. The average molecular weight is 588 g/mol. The third-order valence-electron chi connectivity index (χ3n) is 6.94. The minimum absolute atomic E-state index is 0.0999. The highest BCUT2D eigenvalue weighted by Gasteiger charge is 2.34. The van der Waals surface area contributed by atoms with Crippen molar-refractivity contribution >= 4 is 35.0 Å². The van der Waals surface area contributed by atoms with E-state index in [1.54, 1.807) is 23.1 Å². The van der Waals surface area contributed by atoms with Gasteiger partial charge in [0.15, 0.2) is 0 Å². The Morgan fingerprint density at radius 1 is 0.732 bits per heavy atom. The standard InChI is InChI=1S/C35H36Cl2N2O2/c1-35(2,3)38-34(41)32(22-25-14-7-4-8-15-25)39(24-29-30(36)20-13-21-31(29)37)33(40)23-28(26-16-9-5-10-17-26)27-18-11-6-12-19-27/h4-21,28,32H,22-24H2,1-3H3,(H,38,41). The molecule has 6 heteroatoms. The fourth-order valence-corrected chi connectivity index (χ4v) is 5.47. The molecule has 0 aliphatic heterocycles. The zero-order chi connectivity index (χ0) is 29.4. The van der Waals surface area contributed by atoms with Crippen LogP contribution in [0.1, 0.15) is 55.4 Å². The summed E-state index contributed by atoms with van der Waals surface area (Å²) < 4.78 is 0. The van der Waals surface area contributed by atoms with Crippen LogP contribution in [0.15, 0.2) is 109 Å². The fraction of sp³-hybridized carbons (Fsp3) is 0.257. The van der Waals surface area contributed by atoms with E-state index in [0.29, 0.717) is 22.0 Å². The summed E-state index contributed by atoms with van der Waals surface area (Å²) in [4.78, 5) is 30.1. The maximum atomic E-state index is 14.5. The Kier molecular flexibility index (Phi) is 10.3. The molecule has 4 aromatic carbocycles. The molecule has 2 amide bonds. The smallest absolute Gasteiger partial charge is 0.243 e. The van der Waals surface area contributed by atoms with Crippen LogP contribution in [-0.4, -0.2) is 28.3 Å². The lowest BCUT2D eigenvalue weighted by molar-refractivity contribution is -0.142. The van der Waals surface area contributed by atoms with Crippen molar-refractivity contribution in [3.05, 3.63) is 141 Å². The largest absolute Gasteiger partial charge is 0.350 e. The Morgan fingerprint density at radius 3 is 1.71 bits per heavy atom. The van der Waals surface area contributed by atoms with E-state index in [2.05, 4.69) is 5.32 Å². The van der Waals surface area contributed by atoms with Gasteiger partial charge in [-0.25, -0.2) is 0 Å². The first-order valence-electron chi connectivity index (χ1n) is 13.8. The molecular formula is C35H36Cl2N2O2. The van der Waals surface area contributed by atoms with Crippen molar-refractivity contribution in [2.45, 2.75) is 57.7 Å². The Hall–Kier alpha value is -3.60. The van der Waals surface area contributed by atoms with Gasteiger partial charge in [-0.3, -0.25) is 9.59 Å². The first-order valence-corrected chi connectivity index (χ1v) is 14.6. The number of amides is 2. The normalized spacial score (nSPS) is 12.1. The summed E-state index contributed by atoms with van der Waals surface area (Å²) in [6.45, 7) is 5.90. The van der Waals surface area contributed by atoms with Gasteiger partial charge in [0, 0.05) is 46.5 Å². The van der Waals surface area contributed by atoms with Gasteiger partial charge < -0.3 is 10.2 Å². The fourth-order valence-electron chi connectivity index (χ4n) is 4.95. The van der Waals surface area contributed by atoms with Crippen LogP contribution in [-0.2, 0) is 22.6 Å². The molecule has 0 saturated carbocycles. The van der Waals surface area contributed by atoms with Crippen molar-refractivity contribution in [3.8, 4) is 0 Å². The Morgan fingerprint density at radius 2 is 1.22 bits per heavy atom. The molecule has 0 saturated heterocycles. The minimum atomic E-state index is -0.788. The van der Waals surface area contributed by atoms with Crippen molar-refractivity contribution in [3.63, 3.8) is 0 Å². The highest BCUT2D eigenvalue weighted by atomic mass is 35.5. The number of rotatable bonds is 10. The van der Waals surface area contributed by atoms with E-state index >= 15 is 0 Å². The Balaban J connectivity index is 1.79. The van der Waals surface area contributed by atoms with Gasteiger partial charge in [-0.15, -0.1) is 0 Å². The molecule has 0 aromatic heterocycles. The first kappa shape index (κ1) is 30.4. The summed E-state index contributed by atoms with van der Waals surface area (Å²) in [5.74, 6) is -0.588. The number of carbonyl (C=O) groups excluding carboxylic acids is 2. The molecule has 4 aromatic rings. The van der Waals surface area contributed by atoms with Crippen molar-refractivity contribution < 1.29 is 9.59 Å². The molecule has 0 radical (unpaired) electrons. The van der Waals surface area contributed by atoms with Crippen LogP contribution in [0.5, 0.6) is 0 Å². The maximum absolute atomic E-state index is 14.5. The maximum Gasteiger partial charge on any atom is 0.243 e. The summed E-state index contributed by atoms with van der Waals surface area (Å²) >= 11 is 13.2. The predicted octanol–water partition coefficient (Wildman–Crippen LogP) is 8.07. The van der Waals surface area contributed by atoms with E-state index < -0.39 is 11.6 Å². The number of carbonyl (C=O) groups is 2. The second-order valence-electron chi connectivity index (χ2n) is 11.2. The van der Waals surface area contributed by atoms with Gasteiger partial charge in [-0.2, -0.15) is 0 Å². The lowest BCUT2D eigenvalue weighted by Crippen LogP contribution is -2.54. The number of hydrogen-bond acceptors (Lipinski definition) is 2. The van der Waals surface area contributed by atoms with Gasteiger partial charge in [0.2, 0.25) is 11.8 Å². The number of hydrogen-bond donors (Lipinski definition) is 1. The van der Waals surface area contributed by atoms with Crippen molar-refractivity contribution in [2.24, 2.45) is 0 Å². The van der Waals surface area contributed by atoms with Crippen LogP contribution in [0, 0.1) is 0 Å². The molecule has 41 heavy (non-hydrogen) atoms. The molecule has 1 unspecified atom stereocenters. The van der Waals surface area contributed by atoms with Crippen LogP contribution < -0.4 is 5.32 Å². The molecule has 0 aliphatic carbocycles. The predicted molar refractivity (Wildman–Crippen MR) is 168 cm³/mol. The zero-order valence-corrected chi connectivity index (χ0v) is 25.2. The Labute approximate surface area is 253 Å². The molecule has 4 nitrogen and oxygen atoms in total. The number of halogens is 2. The molecule has 4 rings (SSSR count). The molecule has 1 N–H and O–H groups in total. The molecule has 0 heterocycles. The number of benzene rings is 4. The molecule has 1 atom stereocenters. The van der Waals surface area contributed by atoms with E-state index in [-0.39, 0.29) is 30.7 Å². The van der Waals surface area contributed by atoms with E-state index in [1.165, 1.54) is 0 Å². The summed E-state index contributed by atoms with van der Waals surface area (Å²) in [6, 6.07) is 34.2. The lowest BCUT2D eigenvalue weighted by atomic mass is 9.87. The molecule has 0 fully saturated rings. The molecule has 212 valence electrons. The van der Waals surface area contributed by atoms with Crippen LogP contribution in [0.4, 0.5) is 0 Å². The van der Waals surface area contributed by atoms with Crippen molar-refractivity contribution in [2.75, 3.05) is 0 Å². The van der Waals surface area contributed by atoms with Crippen molar-refractivity contribution in [1.82, 2.24) is 10.2 Å². The van der Waals surface area contributed by atoms with Gasteiger partial charge in [0.25, 0.3) is 0 Å². The van der Waals surface area contributed by atoms with Gasteiger partial charge >= 0.3 is 0 Å². The third-order valence-corrected chi connectivity index (χ3v) is 7.65. The van der Waals surface area contributed by atoms with Crippen LogP contribution in [0.2, 0.25) is 10.0 Å². The summed E-state index contributed by atoms with van der Waals surface area (Å²) in [6.07, 6.45) is 0.516. The van der Waals surface area contributed by atoms with E-state index in [9.17, 15) is 9.59 Å². The second-order valence-corrected chi connectivity index (χ2v) is 12.1. The highest BCUT2D eigenvalue weighted by Crippen LogP contribution is 2.32. The topological polar surface area (TPSA) is 49.4 Å².